The number of Topliss-reactive ketones (excluding diaryl/α,β-unsaturated/α-hetero) is 3. The maximum Gasteiger partial charge on any atom is 0.330 e. The summed E-state index contributed by atoms with van der Waals surface area (Å²) in [6, 6.07) is 0. The molecule has 1 N–H and O–H groups in total. The summed E-state index contributed by atoms with van der Waals surface area (Å²) >= 11 is 0. The van der Waals surface area contributed by atoms with E-state index in [1.165, 1.54) is 6.92 Å². The number of aliphatic hydroxyl groups is 1. The van der Waals surface area contributed by atoms with E-state index < -0.39 is 46.1 Å². The van der Waals surface area contributed by atoms with Gasteiger partial charge in [-0.05, 0) is 52.0 Å². The van der Waals surface area contributed by atoms with E-state index in [1.54, 1.807) is 6.92 Å². The molecular weight excluding hydrogens is 444 g/mol. The Morgan fingerprint density at radius 2 is 1.86 bits per heavy atom. The Kier molecular flexibility index (Phi) is 5.79. The Labute approximate surface area is 207 Å². The zero-order valence-corrected chi connectivity index (χ0v) is 21.8. The molecule has 0 spiro atoms. The van der Waals surface area contributed by atoms with E-state index in [1.807, 2.05) is 34.6 Å². The molecule has 2 fully saturated rings. The first-order valence-corrected chi connectivity index (χ1v) is 12.4. The fourth-order valence-electron chi connectivity index (χ4n) is 7.65. The Bertz CT molecular complexity index is 1170. The van der Waals surface area contributed by atoms with Crippen molar-refractivity contribution < 1.29 is 29.0 Å². The first-order valence-electron chi connectivity index (χ1n) is 12.4. The lowest BCUT2D eigenvalue weighted by Crippen LogP contribution is -2.70. The molecule has 4 aliphatic rings. The third kappa shape index (κ3) is 2.98. The molecule has 7 unspecified atom stereocenters. The molecule has 0 saturated heterocycles. The quantitative estimate of drug-likeness (QED) is 0.369. The molecule has 0 bridgehead atoms. The smallest absolute Gasteiger partial charge is 0.330 e. The van der Waals surface area contributed by atoms with Gasteiger partial charge in [-0.3, -0.25) is 14.4 Å². The Morgan fingerprint density at radius 1 is 1.23 bits per heavy atom. The summed E-state index contributed by atoms with van der Waals surface area (Å²) in [6.07, 6.45) is 2.65. The first kappa shape index (κ1) is 25.5. The number of fused-ring (bicyclic) bond motifs is 3. The highest BCUT2D eigenvalue weighted by atomic mass is 16.5. The fourth-order valence-corrected chi connectivity index (χ4v) is 7.65. The minimum absolute atomic E-state index is 0.0538. The summed E-state index contributed by atoms with van der Waals surface area (Å²) in [4.78, 5) is 54.3. The Morgan fingerprint density at radius 3 is 2.43 bits per heavy atom. The van der Waals surface area contributed by atoms with Gasteiger partial charge < -0.3 is 9.84 Å². The van der Waals surface area contributed by atoms with Gasteiger partial charge in [-0.1, -0.05) is 44.6 Å². The van der Waals surface area contributed by atoms with Gasteiger partial charge in [0.25, 0.3) is 0 Å². The van der Waals surface area contributed by atoms with Gasteiger partial charge in [0, 0.05) is 34.5 Å². The summed E-state index contributed by atoms with van der Waals surface area (Å²) in [7, 11) is 0. The molecule has 0 radical (unpaired) electrons. The first-order chi connectivity index (χ1) is 16.2. The van der Waals surface area contributed by atoms with Crippen molar-refractivity contribution in [1.29, 1.82) is 0 Å². The van der Waals surface area contributed by atoms with Crippen LogP contribution in [0.25, 0.3) is 0 Å². The molecule has 2 saturated carbocycles. The summed E-state index contributed by atoms with van der Waals surface area (Å²) in [5.41, 5.74) is 0.399. The summed E-state index contributed by atoms with van der Waals surface area (Å²) in [5.74, 6) is -2.97. The molecule has 0 amide bonds. The van der Waals surface area contributed by atoms with Crippen LogP contribution in [0.4, 0.5) is 0 Å². The van der Waals surface area contributed by atoms with E-state index in [0.717, 1.165) is 30.1 Å². The average molecular weight is 481 g/mol. The molecule has 6 heteroatoms. The third-order valence-electron chi connectivity index (χ3n) is 9.90. The van der Waals surface area contributed by atoms with E-state index >= 15 is 0 Å². The van der Waals surface area contributed by atoms with Crippen LogP contribution in [0.15, 0.2) is 46.6 Å². The minimum atomic E-state index is -1.29. The maximum absolute atomic E-state index is 14.2. The zero-order chi connectivity index (χ0) is 26.2. The Hall–Kier alpha value is -2.60. The van der Waals surface area contributed by atoms with Gasteiger partial charge >= 0.3 is 5.97 Å². The number of allylic oxidation sites excluding steroid dienone is 5. The molecule has 0 aliphatic heterocycles. The van der Waals surface area contributed by atoms with Crippen LogP contribution in [-0.4, -0.2) is 40.6 Å². The molecule has 0 aromatic carbocycles. The van der Waals surface area contributed by atoms with Crippen molar-refractivity contribution in [1.82, 2.24) is 0 Å². The van der Waals surface area contributed by atoms with Crippen LogP contribution < -0.4 is 0 Å². The molecule has 35 heavy (non-hydrogen) atoms. The number of hydrogen-bond donors (Lipinski definition) is 1. The second-order valence-electron chi connectivity index (χ2n) is 11.5. The normalized spacial score (nSPS) is 39.9. The second-order valence-corrected chi connectivity index (χ2v) is 11.5. The van der Waals surface area contributed by atoms with Crippen molar-refractivity contribution in [3.05, 3.63) is 46.6 Å². The number of ether oxygens (including phenoxy) is 1. The highest BCUT2D eigenvalue weighted by molar-refractivity contribution is 6.17. The predicted molar refractivity (Wildman–Crippen MR) is 131 cm³/mol. The van der Waals surface area contributed by atoms with Crippen LogP contribution in [0.1, 0.15) is 67.7 Å². The maximum atomic E-state index is 14.2. The van der Waals surface area contributed by atoms with Gasteiger partial charge in [0.1, 0.15) is 17.8 Å². The van der Waals surface area contributed by atoms with Crippen LogP contribution in [-0.2, 0) is 23.9 Å². The molecule has 4 rings (SSSR count). The molecule has 7 atom stereocenters. The van der Waals surface area contributed by atoms with Crippen molar-refractivity contribution in [2.24, 2.45) is 28.1 Å². The van der Waals surface area contributed by atoms with Crippen LogP contribution in [0.5, 0.6) is 0 Å². The lowest BCUT2D eigenvalue weighted by molar-refractivity contribution is -0.194. The molecule has 4 aliphatic carbocycles. The van der Waals surface area contributed by atoms with Gasteiger partial charge in [0.15, 0.2) is 11.6 Å². The van der Waals surface area contributed by atoms with Crippen LogP contribution in [0.3, 0.4) is 0 Å². The van der Waals surface area contributed by atoms with Gasteiger partial charge in [-0.15, -0.1) is 0 Å². The molecular formula is C29H36O6. The molecule has 0 aromatic rings. The summed E-state index contributed by atoms with van der Waals surface area (Å²) < 4.78 is 6.06. The monoisotopic (exact) mass is 480 g/mol. The minimum Gasteiger partial charge on any atom is -0.458 e. The van der Waals surface area contributed by atoms with E-state index in [9.17, 15) is 24.3 Å². The highest BCUT2D eigenvalue weighted by Crippen LogP contribution is 2.69. The van der Waals surface area contributed by atoms with Crippen molar-refractivity contribution in [3.8, 4) is 0 Å². The SMILES string of the molecule is C=CC(=O)OC1C2(C)C(=C(C)C3(C)C(=O)C(C(C)O)C(=O)CC13C)C(=O)C1=C(C)CCC=C1C2C. The standard InChI is InChI=1S/C29H36O6/c1-9-20(32)35-26-27(6)13-19(31)22(17(5)30)25(34)29(27,8)16(4)23-24(33)21-14(2)11-10-12-18(21)15(3)28(23,26)7/h9,12,15,17,22,26,30H,1,10-11,13H2,2-8H3. The number of carbonyl (C=O) groups is 4. The largest absolute Gasteiger partial charge is 0.458 e. The number of esters is 1. The third-order valence-corrected chi connectivity index (χ3v) is 9.90. The van der Waals surface area contributed by atoms with Crippen molar-refractivity contribution >= 4 is 23.3 Å². The van der Waals surface area contributed by atoms with Crippen molar-refractivity contribution in [2.45, 2.75) is 79.9 Å². The van der Waals surface area contributed by atoms with E-state index in [4.69, 9.17) is 4.74 Å². The van der Waals surface area contributed by atoms with Gasteiger partial charge in [0.2, 0.25) is 0 Å². The number of aliphatic hydroxyl groups excluding tert-OH is 1. The topological polar surface area (TPSA) is 97.7 Å². The van der Waals surface area contributed by atoms with E-state index in [-0.39, 0.29) is 23.9 Å². The average Bonchev–Trinajstić information content (AvgIpc) is 2.77. The fraction of sp³-hybridized carbons (Fsp3) is 0.586. The van der Waals surface area contributed by atoms with E-state index in [0.29, 0.717) is 16.7 Å². The number of hydrogen-bond acceptors (Lipinski definition) is 6. The number of rotatable bonds is 3. The lowest BCUT2D eigenvalue weighted by Gasteiger charge is -2.64. The van der Waals surface area contributed by atoms with Gasteiger partial charge in [-0.2, -0.15) is 0 Å². The molecule has 6 nitrogen and oxygen atoms in total. The predicted octanol–water partition coefficient (Wildman–Crippen LogP) is 4.23. The summed E-state index contributed by atoms with van der Waals surface area (Å²) in [5, 5.41) is 10.4. The van der Waals surface area contributed by atoms with Crippen LogP contribution in [0.2, 0.25) is 0 Å². The van der Waals surface area contributed by atoms with Gasteiger partial charge in [0.05, 0.1) is 11.5 Å². The van der Waals surface area contributed by atoms with Gasteiger partial charge in [-0.25, -0.2) is 4.79 Å². The Balaban J connectivity index is 2.11. The number of ketones is 3. The van der Waals surface area contributed by atoms with Crippen molar-refractivity contribution in [3.63, 3.8) is 0 Å². The number of carbonyl (C=O) groups excluding carboxylic acids is 4. The summed E-state index contributed by atoms with van der Waals surface area (Å²) in [6.45, 7) is 16.3. The lowest BCUT2D eigenvalue weighted by atomic mass is 9.38. The molecule has 0 aromatic heterocycles. The van der Waals surface area contributed by atoms with Crippen LogP contribution in [0, 0.1) is 28.1 Å². The van der Waals surface area contributed by atoms with Crippen molar-refractivity contribution in [2.75, 3.05) is 0 Å². The molecule has 0 heterocycles. The van der Waals surface area contributed by atoms with Crippen LogP contribution >= 0.6 is 0 Å². The zero-order valence-electron chi connectivity index (χ0n) is 21.8. The van der Waals surface area contributed by atoms with E-state index in [2.05, 4.69) is 12.7 Å². The second kappa shape index (κ2) is 7.95. The molecule has 188 valence electrons. The highest BCUT2D eigenvalue weighted by Gasteiger charge is 2.72.